The highest BCUT2D eigenvalue weighted by molar-refractivity contribution is 4.61. The Morgan fingerprint density at radius 2 is 1.92 bits per heavy atom. The van der Waals surface area contributed by atoms with Crippen LogP contribution in [0.1, 0.15) is 27.2 Å². The average Bonchev–Trinajstić information content (AvgIpc) is 2.10. The van der Waals surface area contributed by atoms with Crippen LogP contribution in [-0.4, -0.2) is 43.8 Å². The van der Waals surface area contributed by atoms with Crippen LogP contribution in [0.15, 0.2) is 0 Å². The highest BCUT2D eigenvalue weighted by atomic mass is 16.5. The topological polar surface area (TPSA) is 38.5 Å². The molecule has 0 unspecified atom stereocenters. The minimum Gasteiger partial charge on any atom is -0.379 e. The van der Waals surface area contributed by atoms with E-state index in [0.717, 1.165) is 19.7 Å². The zero-order valence-corrected chi connectivity index (χ0v) is 9.25. The van der Waals surface area contributed by atoms with Crippen molar-refractivity contribution < 1.29 is 4.74 Å². The van der Waals surface area contributed by atoms with Gasteiger partial charge in [0.25, 0.3) is 0 Å². The summed E-state index contributed by atoms with van der Waals surface area (Å²) in [6, 6.07) is 0.612. The number of hydrogen-bond donors (Lipinski definition) is 1. The van der Waals surface area contributed by atoms with E-state index in [1.807, 2.05) is 0 Å². The maximum atomic E-state index is 5.34. The third kappa shape index (κ3) is 6.99. The maximum absolute atomic E-state index is 5.34. The van der Waals surface area contributed by atoms with Crippen molar-refractivity contribution in [1.29, 1.82) is 0 Å². The summed E-state index contributed by atoms with van der Waals surface area (Å²) in [4.78, 5) is 2.43. The van der Waals surface area contributed by atoms with Crippen molar-refractivity contribution >= 4 is 0 Å². The third-order valence-corrected chi connectivity index (χ3v) is 2.03. The van der Waals surface area contributed by atoms with Gasteiger partial charge in [0.1, 0.15) is 0 Å². The highest BCUT2D eigenvalue weighted by Crippen LogP contribution is 1.98. The molecule has 0 radical (unpaired) electrons. The Morgan fingerprint density at radius 1 is 1.23 bits per heavy atom. The van der Waals surface area contributed by atoms with E-state index in [2.05, 4.69) is 25.7 Å². The molecule has 0 atom stereocenters. The fourth-order valence-corrected chi connectivity index (χ4v) is 1.28. The zero-order valence-electron chi connectivity index (χ0n) is 9.25. The summed E-state index contributed by atoms with van der Waals surface area (Å²) in [6.45, 7) is 10.9. The quantitative estimate of drug-likeness (QED) is 0.579. The molecule has 0 rings (SSSR count). The van der Waals surface area contributed by atoms with Crippen molar-refractivity contribution in [3.8, 4) is 0 Å². The summed E-state index contributed by atoms with van der Waals surface area (Å²) in [7, 11) is 0. The lowest BCUT2D eigenvalue weighted by molar-refractivity contribution is 0.0973. The SMILES string of the molecule is CCCN(CCOCCN)C(C)C. The fourth-order valence-electron chi connectivity index (χ4n) is 1.28. The largest absolute Gasteiger partial charge is 0.379 e. The molecule has 0 amide bonds. The summed E-state index contributed by atoms with van der Waals surface area (Å²) in [5.41, 5.74) is 5.33. The third-order valence-electron chi connectivity index (χ3n) is 2.03. The second kappa shape index (κ2) is 8.48. The molecular weight excluding hydrogens is 164 g/mol. The molecule has 0 fully saturated rings. The molecule has 0 aromatic carbocycles. The first kappa shape index (κ1) is 12.9. The first-order valence-corrected chi connectivity index (χ1v) is 5.24. The van der Waals surface area contributed by atoms with E-state index in [4.69, 9.17) is 10.5 Å². The van der Waals surface area contributed by atoms with Crippen LogP contribution in [0.4, 0.5) is 0 Å². The molecule has 0 aromatic rings. The van der Waals surface area contributed by atoms with Crippen molar-refractivity contribution in [2.24, 2.45) is 5.73 Å². The number of hydrogen-bond acceptors (Lipinski definition) is 3. The van der Waals surface area contributed by atoms with Crippen LogP contribution in [0.25, 0.3) is 0 Å². The molecule has 0 aliphatic rings. The smallest absolute Gasteiger partial charge is 0.0594 e. The molecule has 0 aromatic heterocycles. The summed E-state index contributed by atoms with van der Waals surface area (Å²) in [6.07, 6.45) is 1.20. The van der Waals surface area contributed by atoms with Crippen molar-refractivity contribution in [3.05, 3.63) is 0 Å². The molecule has 0 bridgehead atoms. The van der Waals surface area contributed by atoms with Gasteiger partial charge in [-0.05, 0) is 26.8 Å². The summed E-state index contributed by atoms with van der Waals surface area (Å²) >= 11 is 0. The zero-order chi connectivity index (χ0) is 10.1. The number of nitrogens with two attached hydrogens (primary N) is 1. The Bertz CT molecular complexity index is 107. The summed E-state index contributed by atoms with van der Waals surface area (Å²) in [5, 5.41) is 0. The first-order valence-electron chi connectivity index (χ1n) is 5.24. The van der Waals surface area contributed by atoms with E-state index in [0.29, 0.717) is 19.2 Å². The molecule has 2 N–H and O–H groups in total. The minimum absolute atomic E-state index is 0.612. The molecule has 0 saturated heterocycles. The van der Waals surface area contributed by atoms with Crippen LogP contribution in [0.2, 0.25) is 0 Å². The number of ether oxygens (including phenoxy) is 1. The fraction of sp³-hybridized carbons (Fsp3) is 1.00. The van der Waals surface area contributed by atoms with Gasteiger partial charge < -0.3 is 10.5 Å². The highest BCUT2D eigenvalue weighted by Gasteiger charge is 2.06. The lowest BCUT2D eigenvalue weighted by Crippen LogP contribution is -2.34. The van der Waals surface area contributed by atoms with Gasteiger partial charge in [-0.25, -0.2) is 0 Å². The standard InChI is InChI=1S/C10H24N2O/c1-4-6-12(10(2)3)7-9-13-8-5-11/h10H,4-9,11H2,1-3H3. The molecule has 0 spiro atoms. The molecule has 3 heteroatoms. The normalized spacial score (nSPS) is 11.5. The van der Waals surface area contributed by atoms with Gasteiger partial charge in [-0.15, -0.1) is 0 Å². The van der Waals surface area contributed by atoms with Crippen LogP contribution in [0.5, 0.6) is 0 Å². The van der Waals surface area contributed by atoms with Crippen molar-refractivity contribution in [3.63, 3.8) is 0 Å². The van der Waals surface area contributed by atoms with E-state index in [9.17, 15) is 0 Å². The van der Waals surface area contributed by atoms with E-state index in [1.165, 1.54) is 6.42 Å². The lowest BCUT2D eigenvalue weighted by atomic mass is 10.3. The van der Waals surface area contributed by atoms with Gasteiger partial charge in [-0.1, -0.05) is 6.92 Å². The Morgan fingerprint density at radius 3 is 2.38 bits per heavy atom. The van der Waals surface area contributed by atoms with Crippen LogP contribution < -0.4 is 5.73 Å². The second-order valence-corrected chi connectivity index (χ2v) is 3.53. The second-order valence-electron chi connectivity index (χ2n) is 3.53. The molecule has 0 aliphatic carbocycles. The Kier molecular flexibility index (Phi) is 8.40. The van der Waals surface area contributed by atoms with E-state index < -0.39 is 0 Å². The number of nitrogens with zero attached hydrogens (tertiary/aromatic N) is 1. The van der Waals surface area contributed by atoms with Crippen LogP contribution >= 0.6 is 0 Å². The lowest BCUT2D eigenvalue weighted by Gasteiger charge is -2.25. The van der Waals surface area contributed by atoms with E-state index >= 15 is 0 Å². The Labute approximate surface area is 82.2 Å². The van der Waals surface area contributed by atoms with Crippen molar-refractivity contribution in [2.75, 3.05) is 32.8 Å². The van der Waals surface area contributed by atoms with Gasteiger partial charge in [0.2, 0.25) is 0 Å². The predicted molar refractivity (Wildman–Crippen MR) is 56.9 cm³/mol. The monoisotopic (exact) mass is 188 g/mol. The molecule has 80 valence electrons. The van der Waals surface area contributed by atoms with Crippen molar-refractivity contribution in [1.82, 2.24) is 4.90 Å². The van der Waals surface area contributed by atoms with Crippen LogP contribution in [-0.2, 0) is 4.74 Å². The molecule has 0 aliphatic heterocycles. The molecule has 3 nitrogen and oxygen atoms in total. The van der Waals surface area contributed by atoms with Crippen LogP contribution in [0, 0.1) is 0 Å². The van der Waals surface area contributed by atoms with Gasteiger partial charge in [0.15, 0.2) is 0 Å². The minimum atomic E-state index is 0.612. The first-order chi connectivity index (χ1) is 6.22. The van der Waals surface area contributed by atoms with Crippen LogP contribution in [0.3, 0.4) is 0 Å². The predicted octanol–water partition coefficient (Wildman–Crippen LogP) is 1.08. The summed E-state index contributed by atoms with van der Waals surface area (Å²) in [5.74, 6) is 0. The van der Waals surface area contributed by atoms with E-state index in [1.54, 1.807) is 0 Å². The van der Waals surface area contributed by atoms with E-state index in [-0.39, 0.29) is 0 Å². The summed E-state index contributed by atoms with van der Waals surface area (Å²) < 4.78 is 5.34. The molecule has 0 heterocycles. The Balaban J connectivity index is 3.45. The molecular formula is C10H24N2O. The van der Waals surface area contributed by atoms with Gasteiger partial charge >= 0.3 is 0 Å². The van der Waals surface area contributed by atoms with Crippen molar-refractivity contribution in [2.45, 2.75) is 33.2 Å². The van der Waals surface area contributed by atoms with Gasteiger partial charge in [-0.3, -0.25) is 4.90 Å². The Hall–Kier alpha value is -0.120. The van der Waals surface area contributed by atoms with Gasteiger partial charge in [-0.2, -0.15) is 0 Å². The maximum Gasteiger partial charge on any atom is 0.0594 e. The molecule has 0 saturated carbocycles. The molecule has 13 heavy (non-hydrogen) atoms. The van der Waals surface area contributed by atoms with Gasteiger partial charge in [0, 0.05) is 19.1 Å². The average molecular weight is 188 g/mol. The van der Waals surface area contributed by atoms with Gasteiger partial charge in [0.05, 0.1) is 13.2 Å². The number of rotatable bonds is 8.